The van der Waals surface area contributed by atoms with Gasteiger partial charge in [-0.25, -0.2) is 9.97 Å². The van der Waals surface area contributed by atoms with E-state index in [2.05, 4.69) is 14.7 Å². The Morgan fingerprint density at radius 3 is 1.93 bits per heavy atom. The third kappa shape index (κ3) is 4.30. The van der Waals surface area contributed by atoms with Crippen LogP contribution in [0.3, 0.4) is 0 Å². The van der Waals surface area contributed by atoms with Crippen LogP contribution < -0.4 is 0 Å². The predicted octanol–water partition coefficient (Wildman–Crippen LogP) is 2.01. The molecule has 0 aliphatic heterocycles. The molecular weight excluding hydrogens is 348 g/mol. The maximum absolute atomic E-state index is 11.1. The minimum absolute atomic E-state index is 0.00514. The molecule has 4 rings (SSSR count). The summed E-state index contributed by atoms with van der Waals surface area (Å²) in [5, 5.41) is 8.60. The Bertz CT molecular complexity index is 1080. The monoisotopic (exact) mass is 366 g/mol. The van der Waals surface area contributed by atoms with E-state index in [1.54, 1.807) is 23.0 Å². The number of hydrogen-bond donors (Lipinski definition) is 1. The second-order valence-corrected chi connectivity index (χ2v) is 5.68. The van der Waals surface area contributed by atoms with Crippen LogP contribution in [0.1, 0.15) is 11.4 Å². The van der Waals surface area contributed by atoms with Crippen molar-refractivity contribution in [2.45, 2.75) is 12.8 Å². The van der Waals surface area contributed by atoms with E-state index in [1.165, 1.54) is 7.11 Å². The minimum Gasteiger partial charge on any atom is -0.481 e. The standard InChI is InChI=1S/C10H10N2O2.C9H8N2O2/c1-14-10(13)6-8-7-11-9-4-2-3-5-12(8)9;12-9(13)5-7-6-10-8-3-1-2-4-11(7)8/h2-5,7H,6H2,1H3;1-4,6H,5H2,(H,12,13). The molecule has 0 amide bonds. The Hall–Kier alpha value is -3.68. The highest BCUT2D eigenvalue weighted by atomic mass is 16.5. The first-order chi connectivity index (χ1) is 13.1. The zero-order valence-corrected chi connectivity index (χ0v) is 14.6. The number of carboxylic acid groups (broad SMARTS) is 1. The van der Waals surface area contributed by atoms with Gasteiger partial charge >= 0.3 is 11.9 Å². The summed E-state index contributed by atoms with van der Waals surface area (Å²) in [5.74, 6) is -1.10. The van der Waals surface area contributed by atoms with E-state index < -0.39 is 5.97 Å². The average Bonchev–Trinajstić information content (AvgIpc) is 3.27. The summed E-state index contributed by atoms with van der Waals surface area (Å²) >= 11 is 0. The lowest BCUT2D eigenvalue weighted by Gasteiger charge is -1.99. The van der Waals surface area contributed by atoms with Gasteiger partial charge in [-0.3, -0.25) is 9.59 Å². The summed E-state index contributed by atoms with van der Waals surface area (Å²) in [6, 6.07) is 11.2. The molecule has 4 aromatic heterocycles. The molecule has 0 fully saturated rings. The maximum Gasteiger partial charge on any atom is 0.311 e. The van der Waals surface area contributed by atoms with Gasteiger partial charge in [-0.05, 0) is 24.3 Å². The molecule has 0 aromatic carbocycles. The normalized spacial score (nSPS) is 10.4. The van der Waals surface area contributed by atoms with Gasteiger partial charge in [0.2, 0.25) is 0 Å². The first-order valence-corrected chi connectivity index (χ1v) is 8.19. The molecule has 0 aliphatic carbocycles. The Labute approximate surface area is 154 Å². The summed E-state index contributed by atoms with van der Waals surface area (Å²) in [4.78, 5) is 29.8. The molecule has 4 heterocycles. The average molecular weight is 366 g/mol. The molecule has 8 nitrogen and oxygen atoms in total. The van der Waals surface area contributed by atoms with Crippen molar-refractivity contribution in [3.8, 4) is 0 Å². The van der Waals surface area contributed by atoms with Gasteiger partial charge in [-0.1, -0.05) is 12.1 Å². The first kappa shape index (κ1) is 18.1. The van der Waals surface area contributed by atoms with Gasteiger partial charge in [0.15, 0.2) is 0 Å². The molecule has 4 aromatic rings. The zero-order chi connectivity index (χ0) is 19.2. The van der Waals surface area contributed by atoms with Crippen LogP contribution in [0.4, 0.5) is 0 Å². The molecular formula is C19H18N4O4. The number of aliphatic carboxylic acids is 1. The molecule has 27 heavy (non-hydrogen) atoms. The molecule has 0 saturated carbocycles. The van der Waals surface area contributed by atoms with E-state index in [9.17, 15) is 9.59 Å². The highest BCUT2D eigenvalue weighted by Crippen LogP contribution is 2.07. The number of nitrogens with zero attached hydrogens (tertiary/aromatic N) is 4. The highest BCUT2D eigenvalue weighted by molar-refractivity contribution is 5.72. The molecule has 8 heteroatoms. The maximum atomic E-state index is 11.1. The fraction of sp³-hybridized carbons (Fsp3) is 0.158. The number of carbonyl (C=O) groups is 2. The zero-order valence-electron chi connectivity index (χ0n) is 14.6. The summed E-state index contributed by atoms with van der Waals surface area (Å²) in [7, 11) is 1.38. The van der Waals surface area contributed by atoms with Gasteiger partial charge in [0.05, 0.1) is 31.3 Å². The fourth-order valence-electron chi connectivity index (χ4n) is 2.61. The number of pyridine rings is 2. The lowest BCUT2D eigenvalue weighted by molar-refractivity contribution is -0.140. The van der Waals surface area contributed by atoms with Crippen molar-refractivity contribution >= 4 is 23.2 Å². The van der Waals surface area contributed by atoms with Crippen LogP contribution in [0.2, 0.25) is 0 Å². The van der Waals surface area contributed by atoms with Crippen LogP contribution in [0.25, 0.3) is 11.3 Å². The third-order valence-corrected chi connectivity index (χ3v) is 3.87. The smallest absolute Gasteiger partial charge is 0.311 e. The van der Waals surface area contributed by atoms with Gasteiger partial charge in [-0.2, -0.15) is 0 Å². The van der Waals surface area contributed by atoms with Gasteiger partial charge in [0.1, 0.15) is 11.3 Å². The van der Waals surface area contributed by atoms with Crippen LogP contribution in [-0.4, -0.2) is 42.9 Å². The summed E-state index contributed by atoms with van der Waals surface area (Å²) in [6.07, 6.45) is 7.21. The van der Waals surface area contributed by atoms with Crippen LogP contribution in [0.15, 0.2) is 61.2 Å². The Morgan fingerprint density at radius 1 is 0.926 bits per heavy atom. The number of carboxylic acids is 1. The Balaban J connectivity index is 0.000000156. The van der Waals surface area contributed by atoms with E-state index >= 15 is 0 Å². The SMILES string of the molecule is COC(=O)Cc1cnc2ccccn12.O=C(O)Cc1cnc2ccccn12. The van der Waals surface area contributed by atoms with Gasteiger partial charge < -0.3 is 18.6 Å². The minimum atomic E-state index is -0.842. The number of aromatic nitrogens is 4. The summed E-state index contributed by atoms with van der Waals surface area (Å²) in [5.41, 5.74) is 3.15. The van der Waals surface area contributed by atoms with E-state index in [0.717, 1.165) is 17.0 Å². The van der Waals surface area contributed by atoms with Crippen molar-refractivity contribution in [3.05, 3.63) is 72.6 Å². The van der Waals surface area contributed by atoms with Crippen molar-refractivity contribution in [1.29, 1.82) is 0 Å². The molecule has 0 radical (unpaired) electrons. The highest BCUT2D eigenvalue weighted by Gasteiger charge is 2.07. The van der Waals surface area contributed by atoms with Crippen molar-refractivity contribution in [1.82, 2.24) is 18.8 Å². The van der Waals surface area contributed by atoms with Crippen LogP contribution in [0, 0.1) is 0 Å². The number of rotatable bonds is 4. The topological polar surface area (TPSA) is 98.2 Å². The quantitative estimate of drug-likeness (QED) is 0.555. The molecule has 0 saturated heterocycles. The van der Waals surface area contributed by atoms with Crippen molar-refractivity contribution < 1.29 is 19.4 Å². The molecule has 0 aliphatic rings. The summed E-state index contributed by atoms with van der Waals surface area (Å²) < 4.78 is 8.24. The lowest BCUT2D eigenvalue weighted by Crippen LogP contribution is -2.06. The van der Waals surface area contributed by atoms with Crippen molar-refractivity contribution in [2.75, 3.05) is 7.11 Å². The van der Waals surface area contributed by atoms with Crippen LogP contribution >= 0.6 is 0 Å². The second-order valence-electron chi connectivity index (χ2n) is 5.68. The van der Waals surface area contributed by atoms with E-state index in [1.807, 2.05) is 47.0 Å². The largest absolute Gasteiger partial charge is 0.481 e. The molecule has 1 N–H and O–H groups in total. The van der Waals surface area contributed by atoms with Gasteiger partial charge in [-0.15, -0.1) is 0 Å². The number of methoxy groups -OCH3 is 1. The number of fused-ring (bicyclic) bond motifs is 2. The second kappa shape index (κ2) is 8.13. The van der Waals surface area contributed by atoms with E-state index in [4.69, 9.17) is 5.11 Å². The molecule has 0 bridgehead atoms. The number of imidazole rings is 2. The predicted molar refractivity (Wildman–Crippen MR) is 97.4 cm³/mol. The fourth-order valence-corrected chi connectivity index (χ4v) is 2.61. The van der Waals surface area contributed by atoms with Gasteiger partial charge in [0.25, 0.3) is 0 Å². The van der Waals surface area contributed by atoms with E-state index in [-0.39, 0.29) is 18.8 Å². The van der Waals surface area contributed by atoms with Crippen LogP contribution in [-0.2, 0) is 27.2 Å². The third-order valence-electron chi connectivity index (χ3n) is 3.87. The Morgan fingerprint density at radius 2 is 1.44 bits per heavy atom. The number of hydrogen-bond acceptors (Lipinski definition) is 5. The number of carbonyl (C=O) groups excluding carboxylic acids is 1. The molecule has 0 unspecified atom stereocenters. The lowest BCUT2D eigenvalue weighted by atomic mass is 10.3. The number of ether oxygens (including phenoxy) is 1. The van der Waals surface area contributed by atoms with Gasteiger partial charge in [0, 0.05) is 24.8 Å². The number of esters is 1. The van der Waals surface area contributed by atoms with Crippen molar-refractivity contribution in [3.63, 3.8) is 0 Å². The van der Waals surface area contributed by atoms with Crippen LogP contribution in [0.5, 0.6) is 0 Å². The summed E-state index contributed by atoms with van der Waals surface area (Å²) in [6.45, 7) is 0. The molecule has 0 spiro atoms. The molecule has 0 atom stereocenters. The van der Waals surface area contributed by atoms with Crippen molar-refractivity contribution in [2.24, 2.45) is 0 Å². The molecule has 138 valence electrons. The first-order valence-electron chi connectivity index (χ1n) is 8.19. The van der Waals surface area contributed by atoms with E-state index in [0.29, 0.717) is 5.69 Å². The Kier molecular flexibility index (Phi) is 5.46.